The predicted molar refractivity (Wildman–Crippen MR) is 48.2 cm³/mol. The molecule has 1 aromatic rings. The minimum atomic E-state index is -0.931. The summed E-state index contributed by atoms with van der Waals surface area (Å²) in [6.07, 6.45) is 0. The van der Waals surface area contributed by atoms with Gasteiger partial charge in [0.2, 0.25) is 0 Å². The normalized spacial score (nSPS) is 7.58. The number of benzene rings is 1. The number of carbonyl (C=O) groups excluding carboxylic acids is 1. The summed E-state index contributed by atoms with van der Waals surface area (Å²) in [6, 6.07) is 9.23. The molecule has 0 atom stereocenters. The van der Waals surface area contributed by atoms with Crippen molar-refractivity contribution < 1.29 is 19.9 Å². The summed E-state index contributed by atoms with van der Waals surface area (Å²) in [5.74, 6) is 0.121. The van der Waals surface area contributed by atoms with Crippen molar-refractivity contribution in [3.63, 3.8) is 0 Å². The van der Waals surface area contributed by atoms with Gasteiger partial charge in [0, 0.05) is 5.56 Å². The number of carbonyl (C=O) groups is 1. The standard InChI is InChI=1S/C8H8O.2ClH.Zn/c1-7(9)8-5-3-2-4-6-8;;;/h2-6H,1H3;2*1H;/q;;;+2/p-2. The molecule has 0 radical (unpaired) electrons. The molecule has 0 fully saturated rings. The minimum absolute atomic E-state index is 0.121. The number of ketones is 1. The second-order valence-corrected chi connectivity index (χ2v) is 6.65. The van der Waals surface area contributed by atoms with Crippen LogP contribution in [0.15, 0.2) is 30.3 Å². The first-order valence-corrected chi connectivity index (χ1v) is 11.2. The SMILES string of the molecule is CC(=O)c1ccccc1.[Cl][Zn][Cl]. The quantitative estimate of drug-likeness (QED) is 0.557. The van der Waals surface area contributed by atoms with Crippen molar-refractivity contribution in [3.8, 4) is 0 Å². The van der Waals surface area contributed by atoms with Crippen molar-refractivity contribution >= 4 is 25.2 Å². The number of hydrogen-bond donors (Lipinski definition) is 0. The fraction of sp³-hybridized carbons (Fsp3) is 0.125. The van der Waals surface area contributed by atoms with Crippen molar-refractivity contribution in [2.45, 2.75) is 6.92 Å². The van der Waals surface area contributed by atoms with Gasteiger partial charge in [0.05, 0.1) is 0 Å². The summed E-state index contributed by atoms with van der Waals surface area (Å²) in [5.41, 5.74) is 0.775. The van der Waals surface area contributed by atoms with Gasteiger partial charge in [-0.2, -0.15) is 0 Å². The molecule has 12 heavy (non-hydrogen) atoms. The van der Waals surface area contributed by atoms with Crippen molar-refractivity contribution in [2.75, 3.05) is 0 Å². The fourth-order valence-corrected chi connectivity index (χ4v) is 0.673. The van der Waals surface area contributed by atoms with Crippen LogP contribution in [0.2, 0.25) is 0 Å². The fourth-order valence-electron chi connectivity index (χ4n) is 0.673. The van der Waals surface area contributed by atoms with Crippen LogP contribution in [0.3, 0.4) is 0 Å². The van der Waals surface area contributed by atoms with Gasteiger partial charge in [-0.15, -0.1) is 0 Å². The number of hydrogen-bond acceptors (Lipinski definition) is 1. The molecular formula is C8H8Cl2OZn. The molecule has 0 spiro atoms. The Morgan fingerprint density at radius 2 is 1.67 bits per heavy atom. The van der Waals surface area contributed by atoms with E-state index < -0.39 is 15.1 Å². The third-order valence-electron chi connectivity index (χ3n) is 1.18. The van der Waals surface area contributed by atoms with Gasteiger partial charge in [-0.3, -0.25) is 4.79 Å². The van der Waals surface area contributed by atoms with E-state index in [1.54, 1.807) is 6.92 Å². The second-order valence-electron chi connectivity index (χ2n) is 2.02. The Labute approximate surface area is 87.7 Å². The van der Waals surface area contributed by atoms with Crippen LogP contribution in [0.25, 0.3) is 0 Å². The molecule has 0 heterocycles. The van der Waals surface area contributed by atoms with E-state index in [4.69, 9.17) is 19.4 Å². The van der Waals surface area contributed by atoms with Gasteiger partial charge in [-0.1, -0.05) is 30.3 Å². The van der Waals surface area contributed by atoms with Gasteiger partial charge in [0.15, 0.2) is 5.78 Å². The maximum absolute atomic E-state index is 10.6. The zero-order chi connectivity index (χ0) is 9.40. The molecule has 1 aromatic carbocycles. The molecule has 1 rings (SSSR count). The Kier molecular flexibility index (Phi) is 7.79. The van der Waals surface area contributed by atoms with E-state index in [9.17, 15) is 4.79 Å². The van der Waals surface area contributed by atoms with E-state index in [0.29, 0.717) is 0 Å². The summed E-state index contributed by atoms with van der Waals surface area (Å²) in [6.45, 7) is 1.56. The van der Waals surface area contributed by atoms with E-state index in [-0.39, 0.29) is 5.78 Å². The van der Waals surface area contributed by atoms with Crippen LogP contribution in [0.5, 0.6) is 0 Å². The van der Waals surface area contributed by atoms with Crippen molar-refractivity contribution in [1.29, 1.82) is 0 Å². The Hall–Kier alpha value is 0.0934. The molecular weight excluding hydrogens is 248 g/mol. The van der Waals surface area contributed by atoms with E-state index in [1.165, 1.54) is 0 Å². The Bertz CT molecular complexity index is 226. The van der Waals surface area contributed by atoms with Crippen LogP contribution in [0.1, 0.15) is 17.3 Å². The van der Waals surface area contributed by atoms with Crippen LogP contribution < -0.4 is 0 Å². The average molecular weight is 256 g/mol. The third-order valence-corrected chi connectivity index (χ3v) is 1.18. The first-order valence-electron chi connectivity index (χ1n) is 3.40. The van der Waals surface area contributed by atoms with Crippen molar-refractivity contribution in [3.05, 3.63) is 35.9 Å². The Balaban J connectivity index is 0.000000354. The molecule has 1 nitrogen and oxygen atoms in total. The first kappa shape index (κ1) is 12.1. The van der Waals surface area contributed by atoms with Gasteiger partial charge in [-0.25, -0.2) is 0 Å². The second kappa shape index (κ2) is 7.73. The van der Waals surface area contributed by atoms with E-state index in [0.717, 1.165) is 5.56 Å². The van der Waals surface area contributed by atoms with Crippen LogP contribution >= 0.6 is 19.4 Å². The average Bonchev–Trinajstić information content (AvgIpc) is 2.07. The van der Waals surface area contributed by atoms with Crippen LogP contribution in [0.4, 0.5) is 0 Å². The number of halogens is 2. The van der Waals surface area contributed by atoms with Gasteiger partial charge in [0.1, 0.15) is 0 Å². The number of rotatable bonds is 1. The summed E-state index contributed by atoms with van der Waals surface area (Å²) in [4.78, 5) is 10.6. The summed E-state index contributed by atoms with van der Waals surface area (Å²) < 4.78 is 0. The molecule has 0 aliphatic rings. The predicted octanol–water partition coefficient (Wildman–Crippen LogP) is 3.27. The van der Waals surface area contributed by atoms with Crippen LogP contribution in [-0.2, 0) is 15.1 Å². The summed E-state index contributed by atoms with van der Waals surface area (Å²) in [7, 11) is 9.90. The molecule has 0 bridgehead atoms. The Morgan fingerprint density at radius 3 is 1.92 bits per heavy atom. The zero-order valence-electron chi connectivity index (χ0n) is 6.76. The van der Waals surface area contributed by atoms with Crippen molar-refractivity contribution in [1.82, 2.24) is 0 Å². The zero-order valence-corrected chi connectivity index (χ0v) is 11.2. The number of Topliss-reactive ketones (excluding diaryl/α,β-unsaturated/α-hetero) is 1. The molecule has 0 aliphatic heterocycles. The maximum atomic E-state index is 10.6. The van der Waals surface area contributed by atoms with Crippen molar-refractivity contribution in [2.24, 2.45) is 0 Å². The summed E-state index contributed by atoms with van der Waals surface area (Å²) in [5, 5.41) is 0. The Morgan fingerprint density at radius 1 is 1.25 bits per heavy atom. The third kappa shape index (κ3) is 5.71. The van der Waals surface area contributed by atoms with E-state index in [1.807, 2.05) is 30.3 Å². The molecule has 0 unspecified atom stereocenters. The van der Waals surface area contributed by atoms with Crippen LogP contribution in [0, 0.1) is 0 Å². The van der Waals surface area contributed by atoms with E-state index in [2.05, 4.69) is 0 Å². The monoisotopic (exact) mass is 254 g/mol. The van der Waals surface area contributed by atoms with Gasteiger partial charge >= 0.3 is 34.5 Å². The molecule has 0 saturated heterocycles. The molecule has 62 valence electrons. The molecule has 4 heteroatoms. The van der Waals surface area contributed by atoms with E-state index >= 15 is 0 Å². The van der Waals surface area contributed by atoms with Crippen LogP contribution in [-0.4, -0.2) is 5.78 Å². The van der Waals surface area contributed by atoms with Gasteiger partial charge in [0.25, 0.3) is 0 Å². The molecule has 0 amide bonds. The first-order chi connectivity index (χ1) is 5.72. The molecule has 0 N–H and O–H groups in total. The summed E-state index contributed by atoms with van der Waals surface area (Å²) >= 11 is -0.931. The molecule has 0 aliphatic carbocycles. The van der Waals surface area contributed by atoms with Gasteiger partial charge < -0.3 is 0 Å². The molecule has 0 saturated carbocycles. The molecule has 0 aromatic heterocycles. The topological polar surface area (TPSA) is 17.1 Å². The van der Waals surface area contributed by atoms with Gasteiger partial charge in [-0.05, 0) is 6.92 Å².